The predicted molar refractivity (Wildman–Crippen MR) is 145 cm³/mol. The third kappa shape index (κ3) is 4.59. The van der Waals surface area contributed by atoms with Crippen LogP contribution in [-0.4, -0.2) is 38.4 Å². The average molecular weight is 505 g/mol. The van der Waals surface area contributed by atoms with Gasteiger partial charge in [-0.3, -0.25) is 4.79 Å². The van der Waals surface area contributed by atoms with Crippen molar-refractivity contribution in [2.24, 2.45) is 11.8 Å². The molecular weight excluding hydrogens is 476 g/mol. The molecule has 2 aromatic heterocycles. The summed E-state index contributed by atoms with van der Waals surface area (Å²) in [6, 6.07) is 19.7. The molecule has 1 aliphatic heterocycles. The molecule has 8 nitrogen and oxygen atoms in total. The lowest BCUT2D eigenvalue weighted by Crippen LogP contribution is -2.41. The fraction of sp³-hybridized carbons (Fsp3) is 0.267. The van der Waals surface area contributed by atoms with Crippen molar-refractivity contribution in [2.45, 2.75) is 25.3 Å². The summed E-state index contributed by atoms with van der Waals surface area (Å²) in [6.45, 7) is 1.38. The van der Waals surface area contributed by atoms with E-state index < -0.39 is 0 Å². The van der Waals surface area contributed by atoms with Crippen molar-refractivity contribution in [3.05, 3.63) is 79.3 Å². The fourth-order valence-electron chi connectivity index (χ4n) is 5.43. The molecule has 1 saturated heterocycles. The van der Waals surface area contributed by atoms with Gasteiger partial charge in [-0.25, -0.2) is 9.97 Å². The number of rotatable bonds is 6. The maximum Gasteiger partial charge on any atom is 0.226 e. The van der Waals surface area contributed by atoms with Crippen molar-refractivity contribution in [1.82, 2.24) is 19.4 Å². The summed E-state index contributed by atoms with van der Waals surface area (Å²) in [4.78, 5) is 24.0. The van der Waals surface area contributed by atoms with Gasteiger partial charge < -0.3 is 19.9 Å². The Hall–Kier alpha value is -4.64. The van der Waals surface area contributed by atoms with Gasteiger partial charge in [0.1, 0.15) is 29.3 Å². The predicted octanol–water partition coefficient (Wildman–Crippen LogP) is 5.35. The summed E-state index contributed by atoms with van der Waals surface area (Å²) in [5.41, 5.74) is 9.09. The van der Waals surface area contributed by atoms with Crippen LogP contribution >= 0.6 is 0 Å². The quantitative estimate of drug-likeness (QED) is 0.354. The minimum Gasteiger partial charge on any atom is -0.457 e. The number of hydrogen-bond donors (Lipinski definition) is 1. The normalized spacial score (nSPS) is 20.9. The summed E-state index contributed by atoms with van der Waals surface area (Å²) in [5.74, 6) is 2.32. The van der Waals surface area contributed by atoms with Crippen molar-refractivity contribution in [3.63, 3.8) is 0 Å². The molecule has 2 aromatic carbocycles. The van der Waals surface area contributed by atoms with Crippen LogP contribution in [0.3, 0.4) is 0 Å². The first-order chi connectivity index (χ1) is 18.6. The molecule has 2 N–H and O–H groups in total. The number of aromatic nitrogens is 3. The highest BCUT2D eigenvalue weighted by Gasteiger charge is 2.44. The highest BCUT2D eigenvalue weighted by Crippen LogP contribution is 2.42. The number of nitrogens with zero attached hydrogens (tertiary/aromatic N) is 5. The Labute approximate surface area is 221 Å². The van der Waals surface area contributed by atoms with Gasteiger partial charge >= 0.3 is 0 Å². The number of allylic oxidation sites excluding steroid dienone is 2. The van der Waals surface area contributed by atoms with Crippen LogP contribution in [0.5, 0.6) is 11.5 Å². The molecule has 190 valence electrons. The molecule has 2 aliphatic rings. The first-order valence-corrected chi connectivity index (χ1v) is 12.9. The second-order valence-corrected chi connectivity index (χ2v) is 9.92. The molecule has 0 bridgehead atoms. The van der Waals surface area contributed by atoms with Gasteiger partial charge in [-0.15, -0.1) is 0 Å². The fourth-order valence-corrected chi connectivity index (χ4v) is 5.43. The number of nitrogens with two attached hydrogens (primary N) is 1. The number of anilines is 1. The molecule has 1 aliphatic carbocycles. The first-order valence-electron chi connectivity index (χ1n) is 12.9. The van der Waals surface area contributed by atoms with E-state index in [2.05, 4.69) is 20.7 Å². The molecule has 4 aromatic rings. The largest absolute Gasteiger partial charge is 0.457 e. The number of likely N-dealkylation sites (tertiary alicyclic amines) is 1. The summed E-state index contributed by atoms with van der Waals surface area (Å²) >= 11 is 0. The van der Waals surface area contributed by atoms with E-state index >= 15 is 0 Å². The number of carbonyl (C=O) groups is 1. The molecule has 0 radical (unpaired) electrons. The lowest BCUT2D eigenvalue weighted by Gasteiger charge is -2.34. The number of amides is 1. The maximum absolute atomic E-state index is 13.2. The van der Waals surface area contributed by atoms with Gasteiger partial charge in [0.15, 0.2) is 0 Å². The van der Waals surface area contributed by atoms with Crippen LogP contribution in [0.15, 0.2) is 79.3 Å². The van der Waals surface area contributed by atoms with E-state index in [1.165, 1.54) is 12.4 Å². The zero-order chi connectivity index (χ0) is 26.1. The van der Waals surface area contributed by atoms with Crippen molar-refractivity contribution >= 4 is 22.8 Å². The number of ether oxygens (including phenoxy) is 1. The Balaban J connectivity index is 1.27. The number of nitriles is 1. The van der Waals surface area contributed by atoms with Gasteiger partial charge in [0.05, 0.1) is 17.5 Å². The molecule has 38 heavy (non-hydrogen) atoms. The smallest absolute Gasteiger partial charge is 0.226 e. The molecule has 3 atom stereocenters. The van der Waals surface area contributed by atoms with Crippen LogP contribution < -0.4 is 10.5 Å². The van der Waals surface area contributed by atoms with Gasteiger partial charge in [-0.2, -0.15) is 5.26 Å². The second-order valence-electron chi connectivity index (χ2n) is 9.92. The van der Waals surface area contributed by atoms with Crippen LogP contribution in [0.4, 0.5) is 5.82 Å². The topological polar surface area (TPSA) is 110 Å². The standard InChI is InChI=1S/C30H28N6O2/c31-14-4-6-21-16-25(21)30(37)35-15-5-7-22(17-35)36-18-26(27-28(32)33-19-34-29(27)36)20-10-12-24(13-11-20)38-23-8-2-1-3-9-23/h1-4,6,8-13,18-19,21-22,25H,5,7,15-17H2,(H2,32,33,34)/t21-,22+,25+/m0/s1. The first kappa shape index (κ1) is 23.7. The van der Waals surface area contributed by atoms with E-state index in [1.54, 1.807) is 0 Å². The van der Waals surface area contributed by atoms with Crippen LogP contribution in [-0.2, 0) is 4.79 Å². The van der Waals surface area contributed by atoms with Gasteiger partial charge in [0, 0.05) is 36.8 Å². The molecular formula is C30H28N6O2. The minimum atomic E-state index is -0.00935. The van der Waals surface area contributed by atoms with E-state index in [-0.39, 0.29) is 23.8 Å². The van der Waals surface area contributed by atoms with Crippen LogP contribution in [0.25, 0.3) is 22.2 Å². The Kier molecular flexibility index (Phi) is 6.26. The molecule has 8 heteroatoms. The Morgan fingerprint density at radius 1 is 1.11 bits per heavy atom. The Bertz CT molecular complexity index is 1540. The van der Waals surface area contributed by atoms with Crippen molar-refractivity contribution in [2.75, 3.05) is 18.8 Å². The van der Waals surface area contributed by atoms with Crippen molar-refractivity contribution < 1.29 is 9.53 Å². The molecule has 0 unspecified atom stereocenters. The highest BCUT2D eigenvalue weighted by atomic mass is 16.5. The van der Waals surface area contributed by atoms with Gasteiger partial charge in [-0.1, -0.05) is 36.4 Å². The molecule has 0 spiro atoms. The highest BCUT2D eigenvalue weighted by molar-refractivity contribution is 6.00. The maximum atomic E-state index is 13.2. The zero-order valence-corrected chi connectivity index (χ0v) is 20.9. The van der Waals surface area contributed by atoms with Gasteiger partial charge in [-0.05, 0) is 55.0 Å². The Morgan fingerprint density at radius 2 is 1.89 bits per heavy atom. The summed E-state index contributed by atoms with van der Waals surface area (Å²) in [7, 11) is 0. The van der Waals surface area contributed by atoms with E-state index in [9.17, 15) is 4.79 Å². The zero-order valence-electron chi connectivity index (χ0n) is 20.9. The molecule has 1 saturated carbocycles. The van der Waals surface area contributed by atoms with Crippen LogP contribution in [0.2, 0.25) is 0 Å². The van der Waals surface area contributed by atoms with Crippen molar-refractivity contribution in [3.8, 4) is 28.7 Å². The molecule has 2 fully saturated rings. The second kappa shape index (κ2) is 10.0. The van der Waals surface area contributed by atoms with E-state index in [0.29, 0.717) is 12.4 Å². The summed E-state index contributed by atoms with van der Waals surface area (Å²) in [5, 5.41) is 9.60. The van der Waals surface area contributed by atoms with E-state index in [0.717, 1.165) is 59.5 Å². The molecule has 3 heterocycles. The van der Waals surface area contributed by atoms with Crippen molar-refractivity contribution in [1.29, 1.82) is 5.26 Å². The summed E-state index contributed by atoms with van der Waals surface area (Å²) in [6.07, 6.45) is 9.61. The number of piperidine rings is 1. The third-order valence-electron chi connectivity index (χ3n) is 7.46. The van der Waals surface area contributed by atoms with Gasteiger partial charge in [0.2, 0.25) is 5.91 Å². The van der Waals surface area contributed by atoms with Crippen LogP contribution in [0, 0.1) is 23.2 Å². The number of carbonyl (C=O) groups excluding carboxylic acids is 1. The average Bonchev–Trinajstić information content (AvgIpc) is 3.63. The lowest BCUT2D eigenvalue weighted by molar-refractivity contribution is -0.134. The number of hydrogen-bond acceptors (Lipinski definition) is 6. The number of nitrogen functional groups attached to an aromatic ring is 1. The lowest BCUT2D eigenvalue weighted by atomic mass is 10.0. The number of fused-ring (bicyclic) bond motifs is 1. The number of para-hydroxylation sites is 1. The third-order valence-corrected chi connectivity index (χ3v) is 7.46. The number of benzene rings is 2. The molecule has 6 rings (SSSR count). The summed E-state index contributed by atoms with van der Waals surface area (Å²) < 4.78 is 8.12. The minimum absolute atomic E-state index is 0.00935. The monoisotopic (exact) mass is 504 g/mol. The van der Waals surface area contributed by atoms with Gasteiger partial charge in [0.25, 0.3) is 0 Å². The van der Waals surface area contributed by atoms with Crippen LogP contribution in [0.1, 0.15) is 25.3 Å². The molecule has 1 amide bonds. The SMILES string of the molecule is N#CC=C[C@H]1C[C@H]1C(=O)N1CCC[C@@H](n2cc(-c3ccc(Oc4ccccc4)cc3)c3c(N)ncnc32)C1. The van der Waals surface area contributed by atoms with E-state index in [1.807, 2.05) is 71.6 Å². The Morgan fingerprint density at radius 3 is 2.68 bits per heavy atom. The van der Waals surface area contributed by atoms with E-state index in [4.69, 9.17) is 15.7 Å².